The summed E-state index contributed by atoms with van der Waals surface area (Å²) >= 11 is 0. The number of hydrogen-bond donors (Lipinski definition) is 4. The molecule has 0 aliphatic carbocycles. The summed E-state index contributed by atoms with van der Waals surface area (Å²) in [7, 11) is 0. The summed E-state index contributed by atoms with van der Waals surface area (Å²) in [5, 5.41) is 6.66. The zero-order valence-corrected chi connectivity index (χ0v) is 24.5. The Labute approximate surface area is 242 Å². The molecule has 5 aliphatic heterocycles. The van der Waals surface area contributed by atoms with Gasteiger partial charge in [-0.3, -0.25) is 19.4 Å². The first-order chi connectivity index (χ1) is 19.5. The molecule has 2 amide bonds. The fourth-order valence-electron chi connectivity index (χ4n) is 8.27. The molecule has 0 radical (unpaired) electrons. The van der Waals surface area contributed by atoms with E-state index in [1.165, 1.54) is 4.90 Å². The summed E-state index contributed by atoms with van der Waals surface area (Å²) in [6.45, 7) is 4.39. The molecule has 6 unspecified atom stereocenters. The topological polar surface area (TPSA) is 120 Å². The van der Waals surface area contributed by atoms with Gasteiger partial charge in [-0.1, -0.05) is 26.2 Å². The third-order valence-electron chi connectivity index (χ3n) is 10.6. The van der Waals surface area contributed by atoms with Crippen LogP contribution in [0, 0.1) is 11.8 Å². The maximum atomic E-state index is 14.6. The van der Waals surface area contributed by atoms with Gasteiger partial charge in [0.25, 0.3) is 5.92 Å². The molecule has 41 heavy (non-hydrogen) atoms. The second-order valence-electron chi connectivity index (χ2n) is 13.4. The summed E-state index contributed by atoms with van der Waals surface area (Å²) < 4.78 is 41.1. The van der Waals surface area contributed by atoms with Gasteiger partial charge in [0.15, 0.2) is 0 Å². The normalized spacial score (nSPS) is 35.3. The van der Waals surface area contributed by atoms with Crippen molar-refractivity contribution in [2.75, 3.05) is 45.8 Å². The Hall–Kier alpha value is -1.47. The van der Waals surface area contributed by atoms with Gasteiger partial charge in [-0.05, 0) is 64.6 Å². The van der Waals surface area contributed by atoms with E-state index in [9.17, 15) is 22.8 Å². The van der Waals surface area contributed by atoms with E-state index >= 15 is 0 Å². The number of piperidine rings is 3. The number of halogens is 3. The molecule has 6 N–H and O–H groups in total. The van der Waals surface area contributed by atoms with Gasteiger partial charge in [0.05, 0.1) is 31.2 Å². The molecule has 12 heteroatoms. The van der Waals surface area contributed by atoms with Gasteiger partial charge in [-0.25, -0.2) is 13.2 Å². The van der Waals surface area contributed by atoms with Crippen molar-refractivity contribution in [2.24, 2.45) is 23.3 Å². The number of nitrogens with zero attached hydrogens (tertiary/aromatic N) is 3. The van der Waals surface area contributed by atoms with E-state index < -0.39 is 37.3 Å². The van der Waals surface area contributed by atoms with Gasteiger partial charge in [-0.15, -0.1) is 0 Å². The van der Waals surface area contributed by atoms with Crippen LogP contribution in [0.4, 0.5) is 13.2 Å². The predicted molar refractivity (Wildman–Crippen MR) is 151 cm³/mol. The van der Waals surface area contributed by atoms with Crippen molar-refractivity contribution in [1.82, 2.24) is 25.3 Å². The molecule has 234 valence electrons. The van der Waals surface area contributed by atoms with Gasteiger partial charge in [-0.2, -0.15) is 0 Å². The molecule has 0 aromatic heterocycles. The Morgan fingerprint density at radius 1 is 1.10 bits per heavy atom. The van der Waals surface area contributed by atoms with Crippen molar-refractivity contribution in [3.8, 4) is 0 Å². The average molecular weight is 586 g/mol. The lowest BCUT2D eigenvalue weighted by atomic mass is 9.65. The van der Waals surface area contributed by atoms with Crippen LogP contribution in [0.3, 0.4) is 0 Å². The largest absolute Gasteiger partial charge is 0.350 e. The van der Waals surface area contributed by atoms with Crippen LogP contribution in [0.15, 0.2) is 0 Å². The number of alkyl halides is 3. The maximum Gasteiger partial charge on any atom is 0.282 e. The lowest BCUT2D eigenvalue weighted by molar-refractivity contribution is -0.171. The first-order valence-electron chi connectivity index (χ1n) is 15.9. The molecule has 5 aliphatic rings. The van der Waals surface area contributed by atoms with Crippen LogP contribution >= 0.6 is 0 Å². The number of likely N-dealkylation sites (tertiary alicyclic amines) is 2. The number of unbranched alkanes of at least 4 members (excludes halogenated alkanes) is 2. The van der Waals surface area contributed by atoms with Crippen molar-refractivity contribution in [3.63, 3.8) is 0 Å². The number of nitrogens with one attached hydrogen (secondary N) is 2. The van der Waals surface area contributed by atoms with E-state index in [2.05, 4.69) is 27.4 Å². The number of carbonyl (C=O) groups is 2. The minimum atomic E-state index is -2.75. The van der Waals surface area contributed by atoms with E-state index in [0.29, 0.717) is 45.4 Å². The second-order valence-corrected chi connectivity index (χ2v) is 13.4. The van der Waals surface area contributed by atoms with Crippen molar-refractivity contribution >= 4 is 11.8 Å². The first kappa shape index (κ1) is 31.0. The maximum absolute atomic E-state index is 14.6. The molecule has 5 heterocycles. The van der Waals surface area contributed by atoms with Crippen molar-refractivity contribution in [1.29, 1.82) is 0 Å². The molecule has 6 atom stereocenters. The van der Waals surface area contributed by atoms with E-state index in [1.54, 1.807) is 0 Å². The molecular formula is C29H50F3N7O2. The Bertz CT molecular complexity index is 926. The Morgan fingerprint density at radius 2 is 1.83 bits per heavy atom. The standard InChI is InChI=1S/C29H50F3N7O2/c1-2-3-4-9-28-10-5-20(30)16-39(28)23(14-28)24(25(33)34)26(40)36-21-15-35-11-6-22(21)37-12-7-19(8-13-37)27(41)38-17-29(31,32)18-38/h19-25,35H,2-18,33-34H2,1H3,(H,36,40). The third-order valence-corrected chi connectivity index (χ3v) is 10.6. The van der Waals surface area contributed by atoms with Crippen molar-refractivity contribution in [3.05, 3.63) is 0 Å². The van der Waals surface area contributed by atoms with Gasteiger partial charge < -0.3 is 27.0 Å². The number of carbonyl (C=O) groups excluding carboxylic acids is 2. The zero-order chi connectivity index (χ0) is 29.4. The molecule has 0 spiro atoms. The number of nitrogens with two attached hydrogens (primary N) is 2. The minimum absolute atomic E-state index is 0.0432. The molecule has 0 aromatic rings. The first-order valence-corrected chi connectivity index (χ1v) is 15.9. The highest BCUT2D eigenvalue weighted by Crippen LogP contribution is 2.50. The summed E-state index contributed by atoms with van der Waals surface area (Å²) in [4.78, 5) is 32.3. The third kappa shape index (κ3) is 6.56. The lowest BCUT2D eigenvalue weighted by Crippen LogP contribution is -2.75. The smallest absolute Gasteiger partial charge is 0.282 e. The fourth-order valence-corrected chi connectivity index (χ4v) is 8.27. The Morgan fingerprint density at radius 3 is 2.49 bits per heavy atom. The van der Waals surface area contributed by atoms with Crippen LogP contribution in [-0.4, -0.2) is 114 Å². The summed E-state index contributed by atoms with van der Waals surface area (Å²) in [5.41, 5.74) is 12.4. The summed E-state index contributed by atoms with van der Waals surface area (Å²) in [5.74, 6) is -3.93. The predicted octanol–water partition coefficient (Wildman–Crippen LogP) is 1.41. The van der Waals surface area contributed by atoms with E-state index in [0.717, 1.165) is 51.5 Å². The van der Waals surface area contributed by atoms with Gasteiger partial charge in [0.1, 0.15) is 6.17 Å². The fraction of sp³-hybridized carbons (Fsp3) is 0.931. The van der Waals surface area contributed by atoms with Crippen molar-refractivity contribution < 1.29 is 22.8 Å². The monoisotopic (exact) mass is 585 g/mol. The van der Waals surface area contributed by atoms with Crippen LogP contribution in [0.25, 0.3) is 0 Å². The number of hydrogen-bond acceptors (Lipinski definition) is 7. The molecule has 5 saturated heterocycles. The van der Waals surface area contributed by atoms with Crippen LogP contribution < -0.4 is 22.1 Å². The van der Waals surface area contributed by atoms with Crippen LogP contribution in [0.1, 0.15) is 71.1 Å². The second kappa shape index (κ2) is 12.6. The molecule has 5 fully saturated rings. The molecule has 5 rings (SSSR count). The summed E-state index contributed by atoms with van der Waals surface area (Å²) in [6, 6.07) is -0.219. The SMILES string of the molecule is CCCCCC12CCC(F)CN1C(C(C(=O)NC1CNCCC1N1CCC(C(=O)N3CC(F)(F)C3)CC1)C(N)N)C2. The lowest BCUT2D eigenvalue weighted by Gasteiger charge is -2.64. The number of amides is 2. The molecule has 0 aromatic carbocycles. The van der Waals surface area contributed by atoms with Gasteiger partial charge in [0.2, 0.25) is 11.8 Å². The minimum Gasteiger partial charge on any atom is -0.350 e. The molecule has 0 bridgehead atoms. The number of fused-ring (bicyclic) bond motifs is 1. The highest BCUT2D eigenvalue weighted by Gasteiger charge is 2.58. The highest BCUT2D eigenvalue weighted by molar-refractivity contribution is 5.81. The van der Waals surface area contributed by atoms with E-state index in [-0.39, 0.29) is 41.4 Å². The van der Waals surface area contributed by atoms with Crippen LogP contribution in [-0.2, 0) is 9.59 Å². The van der Waals surface area contributed by atoms with Crippen LogP contribution in [0.5, 0.6) is 0 Å². The van der Waals surface area contributed by atoms with E-state index in [4.69, 9.17) is 11.5 Å². The van der Waals surface area contributed by atoms with Crippen molar-refractivity contribution in [2.45, 2.75) is 113 Å². The van der Waals surface area contributed by atoms with Gasteiger partial charge in [0, 0.05) is 36.6 Å². The molecular weight excluding hydrogens is 535 g/mol. The Balaban J connectivity index is 1.19. The molecule has 0 saturated carbocycles. The Kier molecular flexibility index (Phi) is 9.55. The van der Waals surface area contributed by atoms with Crippen LogP contribution in [0.2, 0.25) is 0 Å². The zero-order valence-electron chi connectivity index (χ0n) is 24.5. The number of rotatable bonds is 10. The highest BCUT2D eigenvalue weighted by atomic mass is 19.3. The summed E-state index contributed by atoms with van der Waals surface area (Å²) in [6.07, 6.45) is 6.97. The van der Waals surface area contributed by atoms with Gasteiger partial charge >= 0.3 is 0 Å². The van der Waals surface area contributed by atoms with E-state index in [1.807, 2.05) is 0 Å². The quantitative estimate of drug-likeness (QED) is 0.226. The average Bonchev–Trinajstić information content (AvgIpc) is 2.92. The molecule has 9 nitrogen and oxygen atoms in total.